The third-order valence-corrected chi connectivity index (χ3v) is 7.69. The van der Waals surface area contributed by atoms with Gasteiger partial charge < -0.3 is 24.6 Å². The van der Waals surface area contributed by atoms with Crippen LogP contribution in [0.3, 0.4) is 0 Å². The Bertz CT molecular complexity index is 1170. The summed E-state index contributed by atoms with van der Waals surface area (Å²) < 4.78 is 11.8. The van der Waals surface area contributed by atoms with Crippen molar-refractivity contribution in [2.24, 2.45) is 0 Å². The zero-order valence-corrected chi connectivity index (χ0v) is 23.2. The largest absolute Gasteiger partial charge is 0.493 e. The summed E-state index contributed by atoms with van der Waals surface area (Å²) in [6.07, 6.45) is 4.26. The third-order valence-electron chi connectivity index (χ3n) is 7.69. The standard InChI is InChI=1S/C30H42N6O2/c1-4-5-19-38-28-21-26-25(20-27(28)37-3)29(33-30(32-26)36-17-15-34(2)16-18-36)31-24-11-13-35(14-12-24)22-23-9-7-6-8-10-23/h6-10,20-21,24H,4-5,11-19,22H2,1-3H3,(H,31,32,33). The Morgan fingerprint density at radius 3 is 2.42 bits per heavy atom. The van der Waals surface area contributed by atoms with E-state index in [0.29, 0.717) is 12.6 Å². The normalized spacial score (nSPS) is 17.6. The number of hydrogen-bond donors (Lipinski definition) is 1. The number of nitrogens with zero attached hydrogens (tertiary/aromatic N) is 5. The summed E-state index contributed by atoms with van der Waals surface area (Å²) >= 11 is 0. The van der Waals surface area contributed by atoms with Gasteiger partial charge in [-0.2, -0.15) is 4.98 Å². The molecule has 2 aliphatic heterocycles. The molecule has 8 nitrogen and oxygen atoms in total. The lowest BCUT2D eigenvalue weighted by Crippen LogP contribution is -2.45. The molecule has 3 heterocycles. The monoisotopic (exact) mass is 518 g/mol. The van der Waals surface area contributed by atoms with Gasteiger partial charge in [-0.25, -0.2) is 4.98 Å². The Labute approximate surface area is 226 Å². The number of likely N-dealkylation sites (tertiary alicyclic amines) is 1. The second-order valence-corrected chi connectivity index (χ2v) is 10.6. The van der Waals surface area contributed by atoms with Gasteiger partial charge in [0.25, 0.3) is 0 Å². The van der Waals surface area contributed by atoms with E-state index < -0.39 is 0 Å². The Hall–Kier alpha value is -3.10. The zero-order chi connectivity index (χ0) is 26.3. The minimum absolute atomic E-state index is 0.368. The average Bonchev–Trinajstić information content (AvgIpc) is 2.95. The first kappa shape index (κ1) is 26.5. The van der Waals surface area contributed by atoms with Crippen molar-refractivity contribution >= 4 is 22.7 Å². The molecule has 2 aromatic carbocycles. The van der Waals surface area contributed by atoms with Gasteiger partial charge in [-0.15, -0.1) is 0 Å². The lowest BCUT2D eigenvalue weighted by Gasteiger charge is -2.34. The van der Waals surface area contributed by atoms with Crippen LogP contribution in [-0.2, 0) is 6.54 Å². The van der Waals surface area contributed by atoms with Gasteiger partial charge in [-0.05, 0) is 37.9 Å². The van der Waals surface area contributed by atoms with Crippen LogP contribution in [0.25, 0.3) is 10.9 Å². The minimum atomic E-state index is 0.368. The van der Waals surface area contributed by atoms with E-state index in [1.54, 1.807) is 7.11 Å². The predicted octanol–water partition coefficient (Wildman–Crippen LogP) is 4.65. The molecule has 3 aromatic rings. The summed E-state index contributed by atoms with van der Waals surface area (Å²) in [4.78, 5) is 17.3. The summed E-state index contributed by atoms with van der Waals surface area (Å²) in [6.45, 7) is 9.86. The Morgan fingerprint density at radius 1 is 0.947 bits per heavy atom. The van der Waals surface area contributed by atoms with Crippen molar-refractivity contribution in [3.8, 4) is 11.5 Å². The van der Waals surface area contributed by atoms with Crippen LogP contribution < -0.4 is 19.7 Å². The molecule has 0 atom stereocenters. The van der Waals surface area contributed by atoms with Crippen molar-refractivity contribution in [1.82, 2.24) is 19.8 Å². The Kier molecular flexibility index (Phi) is 8.81. The van der Waals surface area contributed by atoms with E-state index in [-0.39, 0.29) is 0 Å². The summed E-state index contributed by atoms with van der Waals surface area (Å²) in [5, 5.41) is 4.79. The number of aromatic nitrogens is 2. The fourth-order valence-electron chi connectivity index (χ4n) is 5.25. The van der Waals surface area contributed by atoms with Crippen LogP contribution >= 0.6 is 0 Å². The highest BCUT2D eigenvalue weighted by Crippen LogP contribution is 2.36. The molecule has 0 unspecified atom stereocenters. The molecule has 0 aliphatic carbocycles. The predicted molar refractivity (Wildman–Crippen MR) is 155 cm³/mol. The number of benzene rings is 2. The van der Waals surface area contributed by atoms with Crippen molar-refractivity contribution in [2.45, 2.75) is 45.2 Å². The highest BCUT2D eigenvalue weighted by Gasteiger charge is 2.24. The highest BCUT2D eigenvalue weighted by molar-refractivity contribution is 5.93. The molecule has 2 saturated heterocycles. The van der Waals surface area contributed by atoms with E-state index in [9.17, 15) is 0 Å². The van der Waals surface area contributed by atoms with Gasteiger partial charge in [-0.3, -0.25) is 4.90 Å². The van der Waals surface area contributed by atoms with Crippen LogP contribution in [-0.4, -0.2) is 85.8 Å². The molecule has 1 aromatic heterocycles. The number of rotatable bonds is 10. The number of likely N-dealkylation sites (N-methyl/N-ethyl adjacent to an activating group) is 1. The number of piperazine rings is 1. The first-order valence-corrected chi connectivity index (χ1v) is 14.1. The SMILES string of the molecule is CCCCOc1cc2nc(N3CCN(C)CC3)nc(NC3CCN(Cc4ccccc4)CC3)c2cc1OC. The maximum absolute atomic E-state index is 6.09. The van der Waals surface area contributed by atoms with E-state index in [1.807, 2.05) is 12.1 Å². The maximum atomic E-state index is 6.09. The third kappa shape index (κ3) is 6.48. The summed E-state index contributed by atoms with van der Waals surface area (Å²) in [7, 11) is 3.87. The average molecular weight is 519 g/mol. The summed E-state index contributed by atoms with van der Waals surface area (Å²) in [6, 6.07) is 15.2. The van der Waals surface area contributed by atoms with Gasteiger partial charge in [0.2, 0.25) is 5.95 Å². The molecule has 8 heteroatoms. The maximum Gasteiger partial charge on any atom is 0.227 e. The number of unbranched alkanes of at least 4 members (excludes halogenated alkanes) is 1. The van der Waals surface area contributed by atoms with Crippen molar-refractivity contribution < 1.29 is 9.47 Å². The van der Waals surface area contributed by atoms with Crippen LogP contribution in [0.2, 0.25) is 0 Å². The first-order chi connectivity index (χ1) is 18.6. The van der Waals surface area contributed by atoms with Crippen molar-refractivity contribution in [2.75, 3.05) is 70.2 Å². The van der Waals surface area contributed by atoms with Gasteiger partial charge in [-0.1, -0.05) is 43.7 Å². The molecular formula is C30H42N6O2. The minimum Gasteiger partial charge on any atom is -0.493 e. The van der Waals surface area contributed by atoms with E-state index in [0.717, 1.165) is 106 Å². The molecule has 0 spiro atoms. The Balaban J connectivity index is 1.38. The van der Waals surface area contributed by atoms with Crippen LogP contribution in [0, 0.1) is 0 Å². The Morgan fingerprint density at radius 2 is 1.71 bits per heavy atom. The van der Waals surface area contributed by atoms with Crippen molar-refractivity contribution in [3.63, 3.8) is 0 Å². The highest BCUT2D eigenvalue weighted by atomic mass is 16.5. The molecule has 2 aliphatic rings. The lowest BCUT2D eigenvalue weighted by molar-refractivity contribution is 0.211. The quantitative estimate of drug-likeness (QED) is 0.389. The lowest BCUT2D eigenvalue weighted by atomic mass is 10.0. The van der Waals surface area contributed by atoms with E-state index in [2.05, 4.69) is 64.3 Å². The number of hydrogen-bond acceptors (Lipinski definition) is 8. The first-order valence-electron chi connectivity index (χ1n) is 14.1. The molecule has 0 radical (unpaired) electrons. The molecule has 204 valence electrons. The summed E-state index contributed by atoms with van der Waals surface area (Å²) in [5.41, 5.74) is 2.27. The van der Waals surface area contributed by atoms with Gasteiger partial charge in [0.05, 0.1) is 19.2 Å². The van der Waals surface area contributed by atoms with Crippen LogP contribution in [0.4, 0.5) is 11.8 Å². The number of piperidine rings is 1. The number of anilines is 2. The molecular weight excluding hydrogens is 476 g/mol. The molecule has 0 bridgehead atoms. The fourth-order valence-corrected chi connectivity index (χ4v) is 5.25. The smallest absolute Gasteiger partial charge is 0.227 e. The van der Waals surface area contributed by atoms with Crippen LogP contribution in [0.15, 0.2) is 42.5 Å². The van der Waals surface area contributed by atoms with Crippen LogP contribution in [0.1, 0.15) is 38.2 Å². The van der Waals surface area contributed by atoms with Gasteiger partial charge >= 0.3 is 0 Å². The molecule has 38 heavy (non-hydrogen) atoms. The van der Waals surface area contributed by atoms with Crippen LogP contribution in [0.5, 0.6) is 11.5 Å². The molecule has 0 amide bonds. The molecule has 5 rings (SSSR count). The van der Waals surface area contributed by atoms with Gasteiger partial charge in [0.15, 0.2) is 11.5 Å². The van der Waals surface area contributed by atoms with Crippen molar-refractivity contribution in [1.29, 1.82) is 0 Å². The topological polar surface area (TPSA) is 66.0 Å². The molecule has 1 N–H and O–H groups in total. The van der Waals surface area contributed by atoms with E-state index in [1.165, 1.54) is 5.56 Å². The number of methoxy groups -OCH3 is 1. The van der Waals surface area contributed by atoms with Crippen molar-refractivity contribution in [3.05, 3.63) is 48.0 Å². The number of nitrogens with one attached hydrogen (secondary N) is 1. The molecule has 0 saturated carbocycles. The van der Waals surface area contributed by atoms with E-state index >= 15 is 0 Å². The fraction of sp³-hybridized carbons (Fsp3) is 0.533. The second-order valence-electron chi connectivity index (χ2n) is 10.6. The van der Waals surface area contributed by atoms with E-state index in [4.69, 9.17) is 19.4 Å². The summed E-state index contributed by atoms with van der Waals surface area (Å²) in [5.74, 6) is 3.16. The van der Waals surface area contributed by atoms with Gasteiger partial charge in [0, 0.05) is 63.3 Å². The van der Waals surface area contributed by atoms with Gasteiger partial charge in [0.1, 0.15) is 5.82 Å². The number of ether oxygens (including phenoxy) is 2. The number of fused-ring (bicyclic) bond motifs is 1. The zero-order valence-electron chi connectivity index (χ0n) is 23.2. The second kappa shape index (κ2) is 12.6. The molecule has 2 fully saturated rings.